The van der Waals surface area contributed by atoms with Gasteiger partial charge in [0.15, 0.2) is 0 Å². The van der Waals surface area contributed by atoms with Crippen LogP contribution in [0.1, 0.15) is 24.5 Å². The Labute approximate surface area is 207 Å². The molecule has 0 saturated carbocycles. The molecule has 10 heteroatoms. The first-order valence-corrected chi connectivity index (χ1v) is 13.3. The average molecular weight is 508 g/mol. The van der Waals surface area contributed by atoms with Gasteiger partial charge in [-0.2, -0.15) is 4.31 Å². The van der Waals surface area contributed by atoms with Gasteiger partial charge in [-0.05, 0) is 36.6 Å². The second-order valence-corrected chi connectivity index (χ2v) is 10.3. The van der Waals surface area contributed by atoms with Crippen LogP contribution in [0.5, 0.6) is 0 Å². The van der Waals surface area contributed by atoms with E-state index >= 15 is 0 Å². The molecule has 0 aromatic heterocycles. The molecule has 2 rings (SSSR count). The first-order chi connectivity index (χ1) is 16.6. The van der Waals surface area contributed by atoms with Crippen molar-refractivity contribution in [2.24, 2.45) is 0 Å². The molecule has 1 atom stereocenters. The van der Waals surface area contributed by atoms with E-state index in [1.165, 1.54) is 36.2 Å². The van der Waals surface area contributed by atoms with Gasteiger partial charge in [0, 0.05) is 39.8 Å². The molecular weight excluding hydrogens is 473 g/mol. The summed E-state index contributed by atoms with van der Waals surface area (Å²) in [7, 11) is -2.31. The zero-order chi connectivity index (χ0) is 25.8. The van der Waals surface area contributed by atoms with Crippen molar-refractivity contribution in [2.45, 2.75) is 32.4 Å². The summed E-state index contributed by atoms with van der Waals surface area (Å²) in [6.07, 6.45) is 1.85. The molecule has 1 N–H and O–H groups in total. The second-order valence-electron chi connectivity index (χ2n) is 8.21. The Balaban J connectivity index is 2.35. The minimum absolute atomic E-state index is 0.0145. The van der Waals surface area contributed by atoms with Crippen molar-refractivity contribution in [2.75, 3.05) is 39.6 Å². The fourth-order valence-electron chi connectivity index (χ4n) is 3.39. The van der Waals surface area contributed by atoms with Gasteiger partial charge in [-0.25, -0.2) is 12.8 Å². The Bertz CT molecular complexity index is 1050. The van der Waals surface area contributed by atoms with E-state index in [0.717, 1.165) is 16.1 Å². The minimum atomic E-state index is -3.62. The van der Waals surface area contributed by atoms with Crippen LogP contribution in [0, 0.1) is 5.82 Å². The number of rotatable bonds is 14. The van der Waals surface area contributed by atoms with E-state index in [2.05, 4.69) is 5.32 Å². The summed E-state index contributed by atoms with van der Waals surface area (Å²) in [5.41, 5.74) is 1.46. The van der Waals surface area contributed by atoms with Gasteiger partial charge in [0.1, 0.15) is 11.9 Å². The quantitative estimate of drug-likeness (QED) is 0.396. The lowest BCUT2D eigenvalue weighted by Gasteiger charge is -2.32. The first-order valence-electron chi connectivity index (χ1n) is 11.5. The zero-order valence-corrected chi connectivity index (χ0v) is 21.3. The lowest BCUT2D eigenvalue weighted by atomic mass is 10.0. The van der Waals surface area contributed by atoms with Gasteiger partial charge >= 0.3 is 0 Å². The molecule has 0 saturated heterocycles. The van der Waals surface area contributed by atoms with Crippen molar-refractivity contribution in [1.29, 1.82) is 0 Å². The highest BCUT2D eigenvalue weighted by molar-refractivity contribution is 7.88. The Kier molecular flexibility index (Phi) is 11.3. The maximum absolute atomic E-state index is 13.5. The smallest absolute Gasteiger partial charge is 0.243 e. The van der Waals surface area contributed by atoms with Crippen LogP contribution < -0.4 is 5.32 Å². The Morgan fingerprint density at radius 2 is 1.71 bits per heavy atom. The largest absolute Gasteiger partial charge is 0.382 e. The number of likely N-dealkylation sites (N-methyl/N-ethyl adjacent to an activating group) is 1. The van der Waals surface area contributed by atoms with E-state index in [1.54, 1.807) is 0 Å². The predicted octanol–water partition coefficient (Wildman–Crippen LogP) is 2.20. The lowest BCUT2D eigenvalue weighted by Crippen LogP contribution is -2.53. The molecule has 35 heavy (non-hydrogen) atoms. The predicted molar refractivity (Wildman–Crippen MR) is 132 cm³/mol. The van der Waals surface area contributed by atoms with Crippen LogP contribution in [0.4, 0.5) is 4.39 Å². The third-order valence-electron chi connectivity index (χ3n) is 5.43. The van der Waals surface area contributed by atoms with Gasteiger partial charge in [0.2, 0.25) is 21.8 Å². The number of carbonyl (C=O) groups is 2. The summed E-state index contributed by atoms with van der Waals surface area (Å²) in [5.74, 6) is -1.31. The normalized spacial score (nSPS) is 12.4. The van der Waals surface area contributed by atoms with E-state index in [1.807, 2.05) is 37.3 Å². The van der Waals surface area contributed by atoms with Crippen molar-refractivity contribution >= 4 is 21.8 Å². The van der Waals surface area contributed by atoms with Gasteiger partial charge in [-0.1, -0.05) is 42.5 Å². The van der Waals surface area contributed by atoms with Gasteiger partial charge in [0.25, 0.3) is 0 Å². The highest BCUT2D eigenvalue weighted by Crippen LogP contribution is 2.16. The molecule has 8 nitrogen and oxygen atoms in total. The molecule has 0 aliphatic carbocycles. The third-order valence-corrected chi connectivity index (χ3v) is 6.69. The van der Waals surface area contributed by atoms with Crippen LogP contribution in [0.15, 0.2) is 54.6 Å². The Morgan fingerprint density at radius 1 is 1.06 bits per heavy atom. The molecule has 0 radical (unpaired) electrons. The summed E-state index contributed by atoms with van der Waals surface area (Å²) in [5, 5.41) is 2.87. The highest BCUT2D eigenvalue weighted by atomic mass is 32.2. The van der Waals surface area contributed by atoms with Crippen molar-refractivity contribution in [3.8, 4) is 0 Å². The molecule has 192 valence electrons. The molecule has 0 bridgehead atoms. The number of nitrogens with zero attached hydrogens (tertiary/aromatic N) is 2. The third kappa shape index (κ3) is 9.75. The van der Waals surface area contributed by atoms with Gasteiger partial charge in [0.05, 0.1) is 12.8 Å². The van der Waals surface area contributed by atoms with Gasteiger partial charge in [-0.3, -0.25) is 9.59 Å². The number of sulfonamides is 1. The zero-order valence-electron chi connectivity index (χ0n) is 20.4. The van der Waals surface area contributed by atoms with Gasteiger partial charge in [-0.15, -0.1) is 0 Å². The number of hydrogen-bond acceptors (Lipinski definition) is 5. The van der Waals surface area contributed by atoms with Crippen LogP contribution in [0.25, 0.3) is 0 Å². The van der Waals surface area contributed by atoms with E-state index in [9.17, 15) is 22.4 Å². The summed E-state index contributed by atoms with van der Waals surface area (Å²) >= 11 is 0. The Hall–Kier alpha value is -2.82. The van der Waals surface area contributed by atoms with Crippen molar-refractivity contribution in [3.05, 3.63) is 71.5 Å². The van der Waals surface area contributed by atoms with E-state index < -0.39 is 34.3 Å². The molecule has 2 amide bonds. The number of hydrogen-bond donors (Lipinski definition) is 1. The second kappa shape index (κ2) is 13.9. The number of halogens is 1. The van der Waals surface area contributed by atoms with Crippen molar-refractivity contribution < 1.29 is 27.1 Å². The van der Waals surface area contributed by atoms with Crippen LogP contribution in [-0.2, 0) is 37.3 Å². The monoisotopic (exact) mass is 507 g/mol. The molecule has 0 heterocycles. The Morgan fingerprint density at radius 3 is 2.31 bits per heavy atom. The number of ether oxygens (including phenoxy) is 1. The topological polar surface area (TPSA) is 96.0 Å². The number of nitrogens with one attached hydrogen (secondary N) is 1. The molecule has 0 unspecified atom stereocenters. The summed E-state index contributed by atoms with van der Waals surface area (Å²) < 4.78 is 43.6. The summed E-state index contributed by atoms with van der Waals surface area (Å²) in [6, 6.07) is 14.0. The first kappa shape index (κ1) is 28.4. The standard InChI is InChI=1S/C25H34FN3O5S/c1-4-34-16-8-15-27-25(31)23(17-20-9-6-5-7-10-20)29(18-21-11-13-22(26)14-12-21)24(30)19-28(2)35(3,32)33/h5-7,9-14,23H,4,8,15-19H2,1-3H3,(H,27,31)/t23-/m1/s1. The number of carbonyl (C=O) groups excluding carboxylic acids is 2. The molecule has 0 spiro atoms. The summed E-state index contributed by atoms with van der Waals surface area (Å²) in [4.78, 5) is 28.0. The van der Waals surface area contributed by atoms with Crippen molar-refractivity contribution in [1.82, 2.24) is 14.5 Å². The summed E-state index contributed by atoms with van der Waals surface area (Å²) in [6.45, 7) is 2.92. The van der Waals surface area contributed by atoms with E-state index in [0.29, 0.717) is 31.7 Å². The van der Waals surface area contributed by atoms with Crippen LogP contribution in [0.2, 0.25) is 0 Å². The van der Waals surface area contributed by atoms with Crippen LogP contribution in [0.3, 0.4) is 0 Å². The van der Waals surface area contributed by atoms with E-state index in [-0.39, 0.29) is 18.9 Å². The van der Waals surface area contributed by atoms with Crippen molar-refractivity contribution in [3.63, 3.8) is 0 Å². The minimum Gasteiger partial charge on any atom is -0.382 e. The molecule has 0 aliphatic heterocycles. The molecule has 2 aromatic carbocycles. The molecule has 0 aliphatic rings. The fourth-order valence-corrected chi connectivity index (χ4v) is 3.73. The van der Waals surface area contributed by atoms with Gasteiger partial charge < -0.3 is 15.0 Å². The highest BCUT2D eigenvalue weighted by Gasteiger charge is 2.31. The number of benzene rings is 2. The SMILES string of the molecule is CCOCCCNC(=O)[C@@H](Cc1ccccc1)N(Cc1ccc(F)cc1)C(=O)CN(C)S(C)(=O)=O. The van der Waals surface area contributed by atoms with Crippen LogP contribution in [-0.4, -0.2) is 75.1 Å². The maximum atomic E-state index is 13.5. The maximum Gasteiger partial charge on any atom is 0.243 e. The molecule has 2 aromatic rings. The lowest BCUT2D eigenvalue weighted by molar-refractivity contribution is -0.141. The molecule has 0 fully saturated rings. The fraction of sp³-hybridized carbons (Fsp3) is 0.440. The average Bonchev–Trinajstić information content (AvgIpc) is 2.82. The van der Waals surface area contributed by atoms with Crippen LogP contribution >= 0.6 is 0 Å². The number of amides is 2. The molecular formula is C25H34FN3O5S. The van der Waals surface area contributed by atoms with E-state index in [4.69, 9.17) is 4.74 Å².